The minimum Gasteiger partial charge on any atom is -0.399 e. The summed E-state index contributed by atoms with van der Waals surface area (Å²) in [5, 5.41) is 1.79. The van der Waals surface area contributed by atoms with E-state index in [1.165, 1.54) is 12.1 Å². The Hall–Kier alpha value is -4.40. The fourth-order valence-electron chi connectivity index (χ4n) is 3.70. The molecule has 1 heterocycles. The summed E-state index contributed by atoms with van der Waals surface area (Å²) in [6.07, 6.45) is 0. The lowest BCUT2D eigenvalue weighted by atomic mass is 9.93. The molecular formula is C24H25N6O3+. The van der Waals surface area contributed by atoms with Crippen LogP contribution in [0.3, 0.4) is 0 Å². The van der Waals surface area contributed by atoms with Crippen LogP contribution in [-0.2, 0) is 9.59 Å². The van der Waals surface area contributed by atoms with Crippen molar-refractivity contribution in [1.29, 1.82) is 0 Å². The highest BCUT2D eigenvalue weighted by atomic mass is 16.4. The van der Waals surface area contributed by atoms with Gasteiger partial charge in [0.1, 0.15) is 11.4 Å². The molecular weight excluding hydrogens is 420 g/mol. The third kappa shape index (κ3) is 3.63. The van der Waals surface area contributed by atoms with Gasteiger partial charge in [0, 0.05) is 17.1 Å². The molecule has 0 aromatic heterocycles. The zero-order valence-electron chi connectivity index (χ0n) is 18.6. The number of nitrogens with zero attached hydrogens (tertiary/aromatic N) is 3. The van der Waals surface area contributed by atoms with E-state index in [0.717, 1.165) is 26.7 Å². The predicted molar refractivity (Wildman–Crippen MR) is 128 cm³/mol. The van der Waals surface area contributed by atoms with Crippen molar-refractivity contribution in [2.75, 3.05) is 27.2 Å². The Morgan fingerprint density at radius 2 is 1.06 bits per heavy atom. The summed E-state index contributed by atoms with van der Waals surface area (Å²) in [4.78, 5) is 40.8. The van der Waals surface area contributed by atoms with Crippen LogP contribution in [0.15, 0.2) is 54.6 Å². The monoisotopic (exact) mass is 445 g/mol. The smallest absolute Gasteiger partial charge is 0.308 e. The molecule has 6 N–H and O–H groups in total. The lowest BCUT2D eigenvalue weighted by Gasteiger charge is -2.29. The first-order valence-corrected chi connectivity index (χ1v) is 10.3. The van der Waals surface area contributed by atoms with Crippen molar-refractivity contribution < 1.29 is 14.6 Å². The first-order valence-electron chi connectivity index (χ1n) is 10.3. The summed E-state index contributed by atoms with van der Waals surface area (Å²) in [5.74, 6) is -2.71. The normalized spacial score (nSPS) is 14.8. The number of hydrazine groups is 2. The first-order chi connectivity index (χ1) is 15.6. The Labute approximate surface area is 190 Å². The lowest BCUT2D eigenvalue weighted by molar-refractivity contribution is -0.558. The molecule has 0 saturated carbocycles. The molecule has 0 bridgehead atoms. The van der Waals surface area contributed by atoms with Gasteiger partial charge in [-0.25, -0.2) is 0 Å². The van der Waals surface area contributed by atoms with Crippen LogP contribution in [0, 0.1) is 25.7 Å². The number of hydrogen-bond acceptors (Lipinski definition) is 6. The van der Waals surface area contributed by atoms with E-state index < -0.39 is 17.7 Å². The third-order valence-corrected chi connectivity index (χ3v) is 5.91. The van der Waals surface area contributed by atoms with E-state index in [4.69, 9.17) is 17.2 Å². The summed E-state index contributed by atoms with van der Waals surface area (Å²) in [7, 11) is 0. The highest BCUT2D eigenvalue weighted by molar-refractivity contribution is 6.17. The zero-order chi connectivity index (χ0) is 24.0. The van der Waals surface area contributed by atoms with Crippen LogP contribution in [0.2, 0.25) is 0 Å². The number of carbonyl (C=O) groups excluding carboxylic acids is 2. The highest BCUT2D eigenvalue weighted by Gasteiger charge is 2.55. The average molecular weight is 446 g/mol. The van der Waals surface area contributed by atoms with E-state index in [2.05, 4.69) is 0 Å². The molecule has 0 atom stereocenters. The van der Waals surface area contributed by atoms with Gasteiger partial charge in [0.25, 0.3) is 4.98 Å². The van der Waals surface area contributed by atoms with Gasteiger partial charge < -0.3 is 17.2 Å². The Morgan fingerprint density at radius 3 is 1.45 bits per heavy atom. The number of hydrogen-bond donors (Lipinski definition) is 3. The molecule has 0 aliphatic carbocycles. The van der Waals surface area contributed by atoms with Crippen molar-refractivity contribution in [3.63, 3.8) is 0 Å². The SMILES string of the molecule is Cc1ccc(C2C(=O)N(c3ccc(C)c(N)c3)[N+](=O)N(c3ccc(C)c(N)c3)C2=O)cc1N. The van der Waals surface area contributed by atoms with Crippen molar-refractivity contribution >= 4 is 40.3 Å². The first kappa shape index (κ1) is 21.8. The van der Waals surface area contributed by atoms with Gasteiger partial charge in [0.2, 0.25) is 0 Å². The quantitative estimate of drug-likeness (QED) is 0.322. The fraction of sp³-hybridized carbons (Fsp3) is 0.167. The molecule has 0 radical (unpaired) electrons. The maximum atomic E-state index is 13.6. The van der Waals surface area contributed by atoms with Crippen molar-refractivity contribution in [1.82, 2.24) is 0 Å². The molecule has 1 aliphatic heterocycles. The summed E-state index contributed by atoms with van der Waals surface area (Å²) >= 11 is 0. The maximum Gasteiger partial charge on any atom is 0.308 e. The van der Waals surface area contributed by atoms with Crippen LogP contribution in [-0.4, -0.2) is 16.8 Å². The fourth-order valence-corrected chi connectivity index (χ4v) is 3.70. The highest BCUT2D eigenvalue weighted by Crippen LogP contribution is 2.35. The van der Waals surface area contributed by atoms with E-state index in [-0.39, 0.29) is 16.4 Å². The summed E-state index contributed by atoms with van der Waals surface area (Å²) < 4.78 is 0. The number of anilines is 5. The number of amides is 2. The lowest BCUT2D eigenvalue weighted by Crippen LogP contribution is -2.61. The number of nitroso groups, excluding NO2 is 1. The second kappa shape index (κ2) is 7.94. The van der Waals surface area contributed by atoms with Crippen molar-refractivity contribution in [3.05, 3.63) is 81.8 Å². The molecule has 1 saturated heterocycles. The predicted octanol–water partition coefficient (Wildman–Crippen LogP) is 3.13. The number of benzene rings is 3. The number of nitrogen functional groups attached to an aromatic ring is 3. The molecule has 0 unspecified atom stereocenters. The largest absolute Gasteiger partial charge is 0.399 e. The Morgan fingerprint density at radius 1 is 0.667 bits per heavy atom. The van der Waals surface area contributed by atoms with E-state index >= 15 is 0 Å². The van der Waals surface area contributed by atoms with Gasteiger partial charge in [0.15, 0.2) is 5.92 Å². The molecule has 0 spiro atoms. The van der Waals surface area contributed by atoms with Crippen LogP contribution in [0.4, 0.5) is 28.4 Å². The summed E-state index contributed by atoms with van der Waals surface area (Å²) in [6.45, 7) is 5.45. The third-order valence-electron chi connectivity index (χ3n) is 5.91. The van der Waals surface area contributed by atoms with Gasteiger partial charge in [-0.2, -0.15) is 0 Å². The van der Waals surface area contributed by atoms with Gasteiger partial charge in [-0.3, -0.25) is 9.59 Å². The minimum absolute atomic E-state index is 0.237. The molecule has 33 heavy (non-hydrogen) atoms. The van der Waals surface area contributed by atoms with Crippen molar-refractivity contribution in [3.8, 4) is 0 Å². The average Bonchev–Trinajstić information content (AvgIpc) is 2.75. The molecule has 3 aromatic rings. The molecule has 3 aromatic carbocycles. The number of carbonyl (C=O) groups is 2. The van der Waals surface area contributed by atoms with E-state index in [9.17, 15) is 14.5 Å². The van der Waals surface area contributed by atoms with Gasteiger partial charge in [0.05, 0.1) is 4.91 Å². The topological polar surface area (TPSA) is 139 Å². The second-order valence-corrected chi connectivity index (χ2v) is 8.18. The molecule has 168 valence electrons. The second-order valence-electron chi connectivity index (χ2n) is 8.18. The number of nitrogens with two attached hydrogens (primary N) is 3. The summed E-state index contributed by atoms with van der Waals surface area (Å²) in [5.41, 5.74) is 22.6. The Bertz CT molecular complexity index is 1140. The Balaban J connectivity index is 1.91. The summed E-state index contributed by atoms with van der Waals surface area (Å²) in [6, 6.07) is 14.6. The van der Waals surface area contributed by atoms with Crippen molar-refractivity contribution in [2.45, 2.75) is 26.7 Å². The zero-order valence-corrected chi connectivity index (χ0v) is 18.6. The molecule has 9 nitrogen and oxygen atoms in total. The number of rotatable bonds is 3. The molecule has 1 aliphatic rings. The maximum absolute atomic E-state index is 13.6. The van der Waals surface area contributed by atoms with E-state index in [0.29, 0.717) is 22.6 Å². The Kier molecular flexibility index (Phi) is 5.25. The molecule has 9 heteroatoms. The minimum atomic E-state index is -1.29. The van der Waals surface area contributed by atoms with Crippen LogP contribution < -0.4 is 27.2 Å². The van der Waals surface area contributed by atoms with Crippen LogP contribution in [0.1, 0.15) is 28.2 Å². The van der Waals surface area contributed by atoms with Gasteiger partial charge in [-0.05, 0) is 83.4 Å². The number of aryl methyl sites for hydroxylation is 3. The standard InChI is InChI=1S/C24H25N6O3/c1-13-4-7-16(10-19(13)25)22-23(31)28(17-8-5-14(2)20(26)11-17)30(33)29(24(22)32)18-9-6-15(3)21(27)12-18/h4-12,22H,25-27H2,1-3H3/q+1. The van der Waals surface area contributed by atoms with Crippen LogP contribution in [0.5, 0.6) is 0 Å². The van der Waals surface area contributed by atoms with Crippen LogP contribution >= 0.6 is 0 Å². The molecule has 4 rings (SSSR count). The van der Waals surface area contributed by atoms with Gasteiger partial charge in [-0.1, -0.05) is 24.3 Å². The van der Waals surface area contributed by atoms with E-state index in [1.54, 1.807) is 42.5 Å². The van der Waals surface area contributed by atoms with Gasteiger partial charge in [-0.15, -0.1) is 0 Å². The molecule has 1 fully saturated rings. The van der Waals surface area contributed by atoms with Gasteiger partial charge >= 0.3 is 11.8 Å². The van der Waals surface area contributed by atoms with Crippen LogP contribution in [0.25, 0.3) is 0 Å². The molecule has 2 amide bonds. The van der Waals surface area contributed by atoms with E-state index in [1.807, 2.05) is 20.8 Å². The van der Waals surface area contributed by atoms with Crippen molar-refractivity contribution in [2.24, 2.45) is 0 Å².